The number of guanidine groups is 2. The highest BCUT2D eigenvalue weighted by Crippen LogP contribution is 2.41. The van der Waals surface area contributed by atoms with Gasteiger partial charge in [-0.05, 0) is 64.2 Å². The number of amides is 6. The molecule has 0 spiro atoms. The maximum absolute atomic E-state index is 14.9. The van der Waals surface area contributed by atoms with Crippen LogP contribution in [-0.4, -0.2) is 119 Å². The molecule has 6 amide bonds. The van der Waals surface area contributed by atoms with Crippen LogP contribution in [0.2, 0.25) is 0 Å². The number of urea groups is 2. The molecule has 20 nitrogen and oxygen atoms in total. The Labute approximate surface area is 401 Å². The van der Waals surface area contributed by atoms with Gasteiger partial charge in [-0.25, -0.2) is 27.2 Å². The van der Waals surface area contributed by atoms with Crippen LogP contribution in [0.15, 0.2) is 69.2 Å². The molecule has 2 fully saturated rings. The minimum Gasteiger partial charge on any atom is -0.370 e. The number of hydrogen-bond donors (Lipinski definition) is 12. The Kier molecular flexibility index (Phi) is 23.6. The van der Waals surface area contributed by atoms with Crippen LogP contribution in [-0.2, 0) is 15.5 Å². The molecule has 1 aromatic carbocycles. The summed E-state index contributed by atoms with van der Waals surface area (Å²) in [7, 11) is 0. The number of rotatable bonds is 22. The maximum Gasteiger partial charge on any atom is 0.323 e. The predicted octanol–water partition coefficient (Wildman–Crippen LogP) is 3.49. The van der Waals surface area contributed by atoms with E-state index in [4.69, 9.17) is 22.9 Å². The lowest BCUT2D eigenvalue weighted by Crippen LogP contribution is -2.46. The highest BCUT2D eigenvalue weighted by molar-refractivity contribution is 6.02. The molecule has 69 heavy (non-hydrogen) atoms. The van der Waals surface area contributed by atoms with Gasteiger partial charge >= 0.3 is 12.1 Å². The van der Waals surface area contributed by atoms with Crippen LogP contribution >= 0.6 is 0 Å². The van der Waals surface area contributed by atoms with Gasteiger partial charge in [-0.1, -0.05) is 25.2 Å². The van der Waals surface area contributed by atoms with Crippen molar-refractivity contribution in [1.29, 1.82) is 0 Å². The molecule has 2 aliphatic heterocycles. The molecular formula is C45H72F4N16O4. The van der Waals surface area contributed by atoms with Gasteiger partial charge in [0.1, 0.15) is 0 Å². The van der Waals surface area contributed by atoms with Gasteiger partial charge < -0.3 is 75.3 Å². The van der Waals surface area contributed by atoms with Gasteiger partial charge in [-0.3, -0.25) is 19.6 Å². The zero-order valence-electron chi connectivity index (χ0n) is 40.1. The summed E-state index contributed by atoms with van der Waals surface area (Å²) in [4.78, 5) is 64.6. The van der Waals surface area contributed by atoms with Crippen molar-refractivity contribution in [3.8, 4) is 0 Å². The first kappa shape index (κ1) is 56.8. The van der Waals surface area contributed by atoms with Gasteiger partial charge in [0.05, 0.1) is 28.5 Å². The molecule has 1 aliphatic carbocycles. The number of carbonyl (C=O) groups is 4. The number of allylic oxidation sites excluding steroid dienone is 3. The quantitative estimate of drug-likeness (QED) is 0.0262. The molecule has 24 heteroatoms. The smallest absolute Gasteiger partial charge is 0.323 e. The van der Waals surface area contributed by atoms with E-state index >= 15 is 0 Å². The number of carbonyl (C=O) groups excluding carboxylic acids is 4. The zero-order chi connectivity index (χ0) is 51.0. The minimum absolute atomic E-state index is 0.0163. The van der Waals surface area contributed by atoms with Gasteiger partial charge in [0.2, 0.25) is 17.7 Å². The van der Waals surface area contributed by atoms with Crippen molar-refractivity contribution in [2.24, 2.45) is 32.9 Å². The Bertz CT molecular complexity index is 2060. The van der Waals surface area contributed by atoms with E-state index < -0.39 is 29.5 Å². The molecule has 384 valence electrons. The largest absolute Gasteiger partial charge is 0.370 e. The number of hydrogen-bond acceptors (Lipinski definition) is 10. The highest BCUT2D eigenvalue weighted by atomic mass is 19.3. The zero-order valence-corrected chi connectivity index (χ0v) is 40.1. The molecule has 0 aromatic heterocycles. The van der Waals surface area contributed by atoms with Crippen molar-refractivity contribution in [2.45, 2.75) is 90.9 Å². The number of unbranched alkanes of at least 4 members (excludes halogenated alkanes) is 2. The number of halogens is 4. The second-order valence-corrected chi connectivity index (χ2v) is 16.8. The molecule has 0 bridgehead atoms. The standard InChI is InChI=1S/C42H66F2N16O4.C3H6F2/c1-3-9-29(10-8-17-53-40(63)57-31-14-13-30(36(31)59-22-18-49-19-23-59)55-34(61)11-4-6-15-51-38(45)46)54-41(64)58-33-27-28(42(2,43)44)26-32(37(33)60-24-20-50-21-25-60)56-35(62)12-5-7-16-52-39(47)48;1-3(2,4)5/h8-10,14,26-27,49-50H,3-7,11-13,15-25H2,1-2H3,(H,55,61)(H,56,62)(H4,45,46,51)(H4,47,48,52)(H2,53,57,63)(H2,54,58,64);1-2H3/b10-8-,29-9+;. The SMILES string of the molecule is CC(C)(F)F.CC/C=C(\C=C/CNC(=O)NC1=CCC(NC(=O)CCCCN=C(N)N)=C1N1CCNCC1)NC(=O)Nc1cc(C(C)(F)F)cc(NC(=O)CCCCN=C(N)N)c1N1CCNCC1. The molecule has 2 saturated heterocycles. The monoisotopic (exact) mass is 977 g/mol. The van der Waals surface area contributed by atoms with E-state index in [-0.39, 0.29) is 48.1 Å². The minimum atomic E-state index is -3.30. The molecule has 0 saturated carbocycles. The average Bonchev–Trinajstić information content (AvgIpc) is 3.65. The van der Waals surface area contributed by atoms with Crippen molar-refractivity contribution >= 4 is 52.9 Å². The molecule has 4 rings (SSSR count). The van der Waals surface area contributed by atoms with Crippen LogP contribution in [0.1, 0.15) is 84.6 Å². The number of piperazine rings is 2. The van der Waals surface area contributed by atoms with Crippen LogP contribution < -0.4 is 70.4 Å². The summed E-state index contributed by atoms with van der Waals surface area (Å²) in [5.74, 6) is -6.34. The number of benzene rings is 1. The fourth-order valence-electron chi connectivity index (χ4n) is 7.16. The molecule has 2 heterocycles. The Balaban J connectivity index is 0.00000239. The van der Waals surface area contributed by atoms with Gasteiger partial charge in [0, 0.05) is 115 Å². The molecule has 0 unspecified atom stereocenters. The molecule has 16 N–H and O–H groups in total. The lowest BCUT2D eigenvalue weighted by Gasteiger charge is -2.33. The first-order valence-corrected chi connectivity index (χ1v) is 23.1. The first-order valence-electron chi connectivity index (χ1n) is 23.1. The fraction of sp³-hybridized carbons (Fsp3) is 0.556. The summed E-state index contributed by atoms with van der Waals surface area (Å²) < 4.78 is 51.9. The summed E-state index contributed by atoms with van der Waals surface area (Å²) in [6.45, 7) is 10.3. The normalized spacial score (nSPS) is 15.4. The number of anilines is 3. The lowest BCUT2D eigenvalue weighted by molar-refractivity contribution is -0.120. The van der Waals surface area contributed by atoms with Crippen molar-refractivity contribution in [3.63, 3.8) is 0 Å². The maximum atomic E-state index is 14.9. The van der Waals surface area contributed by atoms with E-state index in [1.54, 1.807) is 18.2 Å². The molecule has 0 atom stereocenters. The number of nitrogens with two attached hydrogens (primary N) is 4. The Morgan fingerprint density at radius 2 is 1.26 bits per heavy atom. The molecular weight excluding hydrogens is 905 g/mol. The predicted molar refractivity (Wildman–Crippen MR) is 264 cm³/mol. The summed E-state index contributed by atoms with van der Waals surface area (Å²) in [6, 6.07) is 1.30. The van der Waals surface area contributed by atoms with Crippen LogP contribution in [0.4, 0.5) is 44.2 Å². The van der Waals surface area contributed by atoms with Gasteiger partial charge in [-0.15, -0.1) is 0 Å². The number of aliphatic imine (C=N–C) groups is 2. The third-order valence-corrected chi connectivity index (χ3v) is 10.2. The van der Waals surface area contributed by atoms with Gasteiger partial charge in [-0.2, -0.15) is 0 Å². The van der Waals surface area contributed by atoms with E-state index in [0.29, 0.717) is 120 Å². The van der Waals surface area contributed by atoms with Crippen molar-refractivity contribution in [2.75, 3.05) is 87.5 Å². The molecule has 3 aliphatic rings. The topological polar surface area (TPSA) is 300 Å². The summed E-state index contributed by atoms with van der Waals surface area (Å²) in [5, 5.41) is 23.7. The van der Waals surface area contributed by atoms with Gasteiger partial charge in [0.25, 0.3) is 5.92 Å². The summed E-state index contributed by atoms with van der Waals surface area (Å²) in [6.07, 6.45) is 10.6. The van der Waals surface area contributed by atoms with E-state index in [9.17, 15) is 36.7 Å². The average molecular weight is 977 g/mol. The summed E-state index contributed by atoms with van der Waals surface area (Å²) in [5.41, 5.74) is 24.2. The molecule has 1 aromatic rings. The van der Waals surface area contributed by atoms with Crippen molar-refractivity contribution < 1.29 is 36.7 Å². The lowest BCUT2D eigenvalue weighted by atomic mass is 10.0. The Hall–Kier alpha value is -6.56. The Morgan fingerprint density at radius 1 is 0.739 bits per heavy atom. The third kappa shape index (κ3) is 22.4. The van der Waals surface area contributed by atoms with Gasteiger partial charge in [0.15, 0.2) is 11.9 Å². The first-order chi connectivity index (χ1) is 32.6. The van der Waals surface area contributed by atoms with Crippen LogP contribution in [0.5, 0.6) is 0 Å². The highest BCUT2D eigenvalue weighted by Gasteiger charge is 2.30. The van der Waals surface area contributed by atoms with Crippen LogP contribution in [0.3, 0.4) is 0 Å². The van der Waals surface area contributed by atoms with Crippen LogP contribution in [0, 0.1) is 0 Å². The second-order valence-electron chi connectivity index (χ2n) is 16.8. The van der Waals surface area contributed by atoms with Crippen LogP contribution in [0.25, 0.3) is 0 Å². The van der Waals surface area contributed by atoms with Crippen molar-refractivity contribution in [1.82, 2.24) is 36.8 Å². The van der Waals surface area contributed by atoms with E-state index in [1.165, 1.54) is 12.1 Å². The number of nitrogens with one attached hydrogen (secondary N) is 8. The third-order valence-electron chi connectivity index (χ3n) is 10.2. The summed E-state index contributed by atoms with van der Waals surface area (Å²) >= 11 is 0. The van der Waals surface area contributed by atoms with E-state index in [0.717, 1.165) is 39.6 Å². The number of alkyl halides is 4. The molecule has 0 radical (unpaired) electrons. The Morgan fingerprint density at radius 3 is 1.78 bits per heavy atom. The number of nitrogens with zero attached hydrogens (tertiary/aromatic N) is 4. The fourth-order valence-corrected chi connectivity index (χ4v) is 7.16. The second kappa shape index (κ2) is 28.7. The van der Waals surface area contributed by atoms with E-state index in [2.05, 4.69) is 57.4 Å². The van der Waals surface area contributed by atoms with Crippen molar-refractivity contribution in [3.05, 3.63) is 64.8 Å². The van der Waals surface area contributed by atoms with E-state index in [1.807, 2.05) is 17.9 Å².